The van der Waals surface area contributed by atoms with Crippen LogP contribution in [0.2, 0.25) is 0 Å². The van der Waals surface area contributed by atoms with E-state index in [1.54, 1.807) is 30.0 Å². The van der Waals surface area contributed by atoms with Gasteiger partial charge in [-0.2, -0.15) is 0 Å². The highest BCUT2D eigenvalue weighted by Gasteiger charge is 2.50. The molecule has 0 saturated carbocycles. The maximum absolute atomic E-state index is 13.8. The fraction of sp³-hybridized carbons (Fsp3) is 0.526. The van der Waals surface area contributed by atoms with Gasteiger partial charge >= 0.3 is 18.0 Å². The molecule has 2 fully saturated rings. The number of esters is 1. The van der Waals surface area contributed by atoms with Crippen LogP contribution in [-0.4, -0.2) is 80.1 Å². The summed E-state index contributed by atoms with van der Waals surface area (Å²) >= 11 is 0. The van der Waals surface area contributed by atoms with E-state index in [2.05, 4.69) is 10.1 Å². The maximum Gasteiger partial charge on any atom is 0.325 e. The van der Waals surface area contributed by atoms with Crippen LogP contribution in [0, 0.1) is 17.7 Å². The van der Waals surface area contributed by atoms with E-state index in [1.165, 1.54) is 24.1 Å². The van der Waals surface area contributed by atoms with Crippen molar-refractivity contribution in [1.82, 2.24) is 20.0 Å². The quantitative estimate of drug-likeness (QED) is 0.786. The number of nitrogens with zero attached hydrogens (tertiary/aromatic N) is 3. The Bertz CT molecular complexity index is 772. The summed E-state index contributed by atoms with van der Waals surface area (Å²) in [5.74, 6) is -0.798. The first-order chi connectivity index (χ1) is 13.3. The second kappa shape index (κ2) is 8.04. The Hall–Kier alpha value is -2.84. The number of amides is 4. The molecule has 3 rings (SSSR count). The third-order valence-corrected chi connectivity index (χ3v) is 5.38. The number of nitrogens with one attached hydrogen (secondary N) is 1. The highest BCUT2D eigenvalue weighted by atomic mass is 19.1. The second-order valence-electron chi connectivity index (χ2n) is 7.39. The predicted octanol–water partition coefficient (Wildman–Crippen LogP) is 1.29. The van der Waals surface area contributed by atoms with Crippen LogP contribution in [0.5, 0.6) is 0 Å². The van der Waals surface area contributed by atoms with Crippen LogP contribution in [0.1, 0.15) is 11.6 Å². The van der Waals surface area contributed by atoms with E-state index in [0.717, 1.165) is 5.56 Å². The fourth-order valence-electron chi connectivity index (χ4n) is 4.11. The lowest BCUT2D eigenvalue weighted by molar-refractivity contribution is -0.139. The van der Waals surface area contributed by atoms with Crippen molar-refractivity contribution in [3.05, 3.63) is 35.6 Å². The maximum atomic E-state index is 13.8. The van der Waals surface area contributed by atoms with E-state index < -0.39 is 5.97 Å². The van der Waals surface area contributed by atoms with E-state index in [-0.39, 0.29) is 42.3 Å². The summed E-state index contributed by atoms with van der Waals surface area (Å²) in [6, 6.07) is 5.47. The highest BCUT2D eigenvalue weighted by Crippen LogP contribution is 2.45. The van der Waals surface area contributed by atoms with Crippen LogP contribution in [0.15, 0.2) is 24.3 Å². The Balaban J connectivity index is 1.78. The Labute approximate surface area is 163 Å². The molecule has 1 N–H and O–H groups in total. The molecule has 2 aliphatic heterocycles. The molecule has 4 amide bonds. The molecule has 0 unspecified atom stereocenters. The minimum Gasteiger partial charge on any atom is -0.468 e. The molecule has 8 nitrogen and oxygen atoms in total. The number of benzene rings is 1. The second-order valence-corrected chi connectivity index (χ2v) is 7.39. The van der Waals surface area contributed by atoms with Gasteiger partial charge < -0.3 is 24.8 Å². The van der Waals surface area contributed by atoms with Gasteiger partial charge in [-0.15, -0.1) is 0 Å². The van der Waals surface area contributed by atoms with Crippen molar-refractivity contribution in [2.24, 2.45) is 11.8 Å². The van der Waals surface area contributed by atoms with Crippen LogP contribution >= 0.6 is 0 Å². The van der Waals surface area contributed by atoms with Gasteiger partial charge in [0.25, 0.3) is 0 Å². The lowest BCUT2D eigenvalue weighted by Crippen LogP contribution is -2.44. The van der Waals surface area contributed by atoms with Crippen LogP contribution in [-0.2, 0) is 9.53 Å². The van der Waals surface area contributed by atoms with E-state index in [9.17, 15) is 18.8 Å². The molecule has 0 aromatic heterocycles. The normalized spacial score (nSPS) is 23.4. The number of hydrogen-bond acceptors (Lipinski definition) is 4. The largest absolute Gasteiger partial charge is 0.468 e. The third-order valence-electron chi connectivity index (χ3n) is 5.38. The summed E-state index contributed by atoms with van der Waals surface area (Å²) in [7, 11) is 4.63. The minimum absolute atomic E-state index is 0.00502. The van der Waals surface area contributed by atoms with Gasteiger partial charge in [-0.1, -0.05) is 12.1 Å². The molecule has 3 atom stereocenters. The Morgan fingerprint density at radius 1 is 1.25 bits per heavy atom. The van der Waals surface area contributed by atoms with Gasteiger partial charge in [0.05, 0.1) is 13.2 Å². The molecule has 9 heteroatoms. The SMILES string of the molecule is COC(=O)CNC(=O)N1C[C@@H]2CN(C(=O)N(C)C)[C@H](c3cccc(F)c3)[C@@H]2C1. The average Bonchev–Trinajstić information content (AvgIpc) is 3.22. The zero-order valence-corrected chi connectivity index (χ0v) is 16.2. The van der Waals surface area contributed by atoms with Gasteiger partial charge in [0.15, 0.2) is 0 Å². The van der Waals surface area contributed by atoms with Crippen molar-refractivity contribution >= 4 is 18.0 Å². The predicted molar refractivity (Wildman–Crippen MR) is 98.9 cm³/mol. The fourth-order valence-corrected chi connectivity index (χ4v) is 4.11. The van der Waals surface area contributed by atoms with Crippen molar-refractivity contribution < 1.29 is 23.5 Å². The van der Waals surface area contributed by atoms with Crippen LogP contribution in [0.4, 0.5) is 14.0 Å². The Kier molecular flexibility index (Phi) is 5.71. The molecule has 2 saturated heterocycles. The summed E-state index contributed by atoms with van der Waals surface area (Å²) in [5, 5.41) is 2.54. The van der Waals surface area contributed by atoms with Crippen molar-refractivity contribution in [2.75, 3.05) is 47.4 Å². The van der Waals surface area contributed by atoms with E-state index in [4.69, 9.17) is 0 Å². The minimum atomic E-state index is -0.520. The number of carbonyl (C=O) groups is 3. The summed E-state index contributed by atoms with van der Waals surface area (Å²) in [4.78, 5) is 41.2. The molecule has 1 aromatic rings. The van der Waals surface area contributed by atoms with Crippen molar-refractivity contribution in [3.63, 3.8) is 0 Å². The van der Waals surface area contributed by atoms with Crippen molar-refractivity contribution in [3.8, 4) is 0 Å². The molecule has 28 heavy (non-hydrogen) atoms. The molecule has 0 radical (unpaired) electrons. The van der Waals surface area contributed by atoms with Crippen LogP contribution < -0.4 is 5.32 Å². The van der Waals surface area contributed by atoms with Crippen molar-refractivity contribution in [1.29, 1.82) is 0 Å². The van der Waals surface area contributed by atoms with Gasteiger partial charge in [-0.25, -0.2) is 14.0 Å². The monoisotopic (exact) mass is 392 g/mol. The van der Waals surface area contributed by atoms with E-state index in [1.807, 2.05) is 6.07 Å². The third kappa shape index (κ3) is 3.88. The molecule has 0 spiro atoms. The van der Waals surface area contributed by atoms with Gasteiger partial charge in [-0.3, -0.25) is 4.79 Å². The first kappa shape index (κ1) is 19.9. The number of rotatable bonds is 3. The smallest absolute Gasteiger partial charge is 0.325 e. The Morgan fingerprint density at radius 2 is 2.00 bits per heavy atom. The molecule has 152 valence electrons. The standard InChI is InChI=1S/C19H25FN4O4/c1-22(2)19(27)24-10-13-9-23(18(26)21-8-16(25)28-3)11-15(13)17(24)12-5-4-6-14(20)7-12/h4-7,13,15,17H,8-11H2,1-3H3,(H,21,26)/t13-,15-,17-/m1/s1. The molecular weight excluding hydrogens is 367 g/mol. The Morgan fingerprint density at radius 3 is 2.64 bits per heavy atom. The average molecular weight is 392 g/mol. The zero-order valence-electron chi connectivity index (χ0n) is 16.2. The lowest BCUT2D eigenvalue weighted by atomic mass is 9.89. The zero-order chi connectivity index (χ0) is 20.4. The molecule has 0 bridgehead atoms. The van der Waals surface area contributed by atoms with E-state index in [0.29, 0.717) is 19.6 Å². The van der Waals surface area contributed by atoms with E-state index >= 15 is 0 Å². The lowest BCUT2D eigenvalue weighted by Gasteiger charge is -2.31. The number of hydrogen-bond donors (Lipinski definition) is 1. The van der Waals surface area contributed by atoms with Gasteiger partial charge in [0.1, 0.15) is 12.4 Å². The van der Waals surface area contributed by atoms with Gasteiger partial charge in [-0.05, 0) is 17.7 Å². The molecular formula is C19H25FN4O4. The number of methoxy groups -OCH3 is 1. The molecule has 2 aliphatic rings. The van der Waals surface area contributed by atoms with Crippen LogP contribution in [0.3, 0.4) is 0 Å². The van der Waals surface area contributed by atoms with Crippen molar-refractivity contribution in [2.45, 2.75) is 6.04 Å². The summed E-state index contributed by atoms with van der Waals surface area (Å²) in [6.07, 6.45) is 0. The van der Waals surface area contributed by atoms with Gasteiger partial charge in [0.2, 0.25) is 0 Å². The number of urea groups is 2. The number of carbonyl (C=O) groups excluding carboxylic acids is 3. The van der Waals surface area contributed by atoms with Crippen LogP contribution in [0.25, 0.3) is 0 Å². The van der Waals surface area contributed by atoms with Gasteiger partial charge in [0, 0.05) is 45.6 Å². The number of halogens is 1. The summed E-state index contributed by atoms with van der Waals surface area (Å²) < 4.78 is 18.4. The number of fused-ring (bicyclic) bond motifs is 1. The molecule has 2 heterocycles. The molecule has 0 aliphatic carbocycles. The highest BCUT2D eigenvalue weighted by molar-refractivity contribution is 5.81. The molecule has 1 aromatic carbocycles. The first-order valence-electron chi connectivity index (χ1n) is 9.14. The summed E-state index contributed by atoms with van der Waals surface area (Å²) in [6.45, 7) is 1.19. The first-order valence-corrected chi connectivity index (χ1v) is 9.14. The topological polar surface area (TPSA) is 82.2 Å². The summed E-state index contributed by atoms with van der Waals surface area (Å²) in [5.41, 5.74) is 0.722. The number of ether oxygens (including phenoxy) is 1. The number of likely N-dealkylation sites (tertiary alicyclic amines) is 2.